The van der Waals surface area contributed by atoms with Crippen molar-refractivity contribution in [2.24, 2.45) is 0 Å². The van der Waals surface area contributed by atoms with Crippen LogP contribution < -0.4 is 0 Å². The van der Waals surface area contributed by atoms with Gasteiger partial charge >= 0.3 is 0 Å². The zero-order chi connectivity index (χ0) is 13.9. The Morgan fingerprint density at radius 1 is 1.20 bits per heavy atom. The molecule has 0 bridgehead atoms. The standard InChI is InChI=1S/C17H24N2O/c1-14-4-2-5-15(12-14)13-19-11-10-18(9-8-17(19)20)16-6-3-7-16/h2,4-5,12,16H,3,6-11,13H2,1H3. The molecule has 108 valence electrons. The molecule has 0 radical (unpaired) electrons. The predicted octanol–water partition coefficient (Wildman–Crippen LogP) is 2.58. The summed E-state index contributed by atoms with van der Waals surface area (Å²) in [7, 11) is 0. The van der Waals surface area contributed by atoms with Crippen molar-refractivity contribution in [3.8, 4) is 0 Å². The molecule has 1 aliphatic carbocycles. The fraction of sp³-hybridized carbons (Fsp3) is 0.588. The van der Waals surface area contributed by atoms with Crippen LogP contribution in [0.15, 0.2) is 24.3 Å². The molecule has 1 saturated carbocycles. The van der Waals surface area contributed by atoms with Crippen LogP contribution in [-0.4, -0.2) is 41.4 Å². The van der Waals surface area contributed by atoms with Gasteiger partial charge in [-0.15, -0.1) is 0 Å². The molecule has 0 atom stereocenters. The van der Waals surface area contributed by atoms with Gasteiger partial charge < -0.3 is 4.90 Å². The van der Waals surface area contributed by atoms with Crippen molar-refractivity contribution in [2.75, 3.05) is 19.6 Å². The smallest absolute Gasteiger partial charge is 0.224 e. The molecule has 1 aromatic carbocycles. The Morgan fingerprint density at radius 3 is 2.75 bits per heavy atom. The third-order valence-corrected chi connectivity index (χ3v) is 4.67. The monoisotopic (exact) mass is 272 g/mol. The van der Waals surface area contributed by atoms with E-state index in [9.17, 15) is 4.79 Å². The highest BCUT2D eigenvalue weighted by molar-refractivity contribution is 5.76. The maximum Gasteiger partial charge on any atom is 0.224 e. The Hall–Kier alpha value is -1.35. The number of nitrogens with zero attached hydrogens (tertiary/aromatic N) is 2. The number of hydrogen-bond acceptors (Lipinski definition) is 2. The van der Waals surface area contributed by atoms with E-state index in [2.05, 4.69) is 36.1 Å². The third kappa shape index (κ3) is 3.04. The summed E-state index contributed by atoms with van der Waals surface area (Å²) in [5, 5.41) is 0. The van der Waals surface area contributed by atoms with Crippen LogP contribution in [0.3, 0.4) is 0 Å². The van der Waals surface area contributed by atoms with Gasteiger partial charge in [0.1, 0.15) is 0 Å². The number of aryl methyl sites for hydroxylation is 1. The summed E-state index contributed by atoms with van der Waals surface area (Å²) in [4.78, 5) is 16.8. The minimum absolute atomic E-state index is 0.313. The van der Waals surface area contributed by atoms with Gasteiger partial charge in [0.05, 0.1) is 0 Å². The second-order valence-electron chi connectivity index (χ2n) is 6.18. The Balaban J connectivity index is 1.62. The van der Waals surface area contributed by atoms with E-state index < -0.39 is 0 Å². The number of carbonyl (C=O) groups excluding carboxylic acids is 1. The molecule has 3 nitrogen and oxygen atoms in total. The summed E-state index contributed by atoms with van der Waals surface area (Å²) in [5.41, 5.74) is 2.51. The van der Waals surface area contributed by atoms with E-state index in [1.54, 1.807) is 0 Å². The van der Waals surface area contributed by atoms with Gasteiger partial charge in [0.25, 0.3) is 0 Å². The lowest BCUT2D eigenvalue weighted by Gasteiger charge is -2.36. The van der Waals surface area contributed by atoms with Crippen LogP contribution in [0, 0.1) is 6.92 Å². The second-order valence-corrected chi connectivity index (χ2v) is 6.18. The summed E-state index contributed by atoms with van der Waals surface area (Å²) in [5.74, 6) is 0.313. The van der Waals surface area contributed by atoms with Crippen LogP contribution >= 0.6 is 0 Å². The maximum absolute atomic E-state index is 12.3. The van der Waals surface area contributed by atoms with Crippen LogP contribution in [0.1, 0.15) is 36.8 Å². The molecule has 0 aromatic heterocycles. The summed E-state index contributed by atoms with van der Waals surface area (Å²) >= 11 is 0. The quantitative estimate of drug-likeness (QED) is 0.844. The van der Waals surface area contributed by atoms with E-state index in [4.69, 9.17) is 0 Å². The van der Waals surface area contributed by atoms with Crippen molar-refractivity contribution in [1.29, 1.82) is 0 Å². The lowest BCUT2D eigenvalue weighted by Crippen LogP contribution is -2.42. The first-order valence-electron chi connectivity index (χ1n) is 7.80. The van der Waals surface area contributed by atoms with Crippen molar-refractivity contribution in [1.82, 2.24) is 9.80 Å². The topological polar surface area (TPSA) is 23.6 Å². The fourth-order valence-electron chi connectivity index (χ4n) is 3.20. The molecule has 1 amide bonds. The molecule has 1 saturated heterocycles. The SMILES string of the molecule is Cc1cccc(CN2CCN(C3CCC3)CCC2=O)c1. The highest BCUT2D eigenvalue weighted by Crippen LogP contribution is 2.26. The van der Waals surface area contributed by atoms with Gasteiger partial charge in [0.2, 0.25) is 5.91 Å². The Bertz CT molecular complexity index is 482. The van der Waals surface area contributed by atoms with Crippen molar-refractivity contribution in [2.45, 2.75) is 45.2 Å². The molecule has 1 aliphatic heterocycles. The van der Waals surface area contributed by atoms with Crippen LogP contribution in [-0.2, 0) is 11.3 Å². The summed E-state index contributed by atoms with van der Waals surface area (Å²) in [6.07, 6.45) is 4.70. The van der Waals surface area contributed by atoms with Crippen LogP contribution in [0.5, 0.6) is 0 Å². The highest BCUT2D eigenvalue weighted by atomic mass is 16.2. The van der Waals surface area contributed by atoms with Gasteiger partial charge in [0.15, 0.2) is 0 Å². The van der Waals surface area contributed by atoms with Gasteiger partial charge in [-0.25, -0.2) is 0 Å². The van der Waals surface area contributed by atoms with E-state index in [0.29, 0.717) is 12.3 Å². The lowest BCUT2D eigenvalue weighted by molar-refractivity contribution is -0.130. The van der Waals surface area contributed by atoms with E-state index in [0.717, 1.165) is 32.2 Å². The summed E-state index contributed by atoms with van der Waals surface area (Å²) in [6.45, 7) is 5.74. The molecule has 1 aromatic rings. The van der Waals surface area contributed by atoms with Gasteiger partial charge in [-0.2, -0.15) is 0 Å². The van der Waals surface area contributed by atoms with Crippen molar-refractivity contribution < 1.29 is 4.79 Å². The third-order valence-electron chi connectivity index (χ3n) is 4.67. The minimum Gasteiger partial charge on any atom is -0.337 e. The van der Waals surface area contributed by atoms with E-state index in [1.165, 1.54) is 30.4 Å². The van der Waals surface area contributed by atoms with Crippen molar-refractivity contribution in [3.05, 3.63) is 35.4 Å². The van der Waals surface area contributed by atoms with Gasteiger partial charge in [-0.05, 0) is 25.3 Å². The summed E-state index contributed by atoms with van der Waals surface area (Å²) < 4.78 is 0. The predicted molar refractivity (Wildman–Crippen MR) is 80.4 cm³/mol. The van der Waals surface area contributed by atoms with E-state index in [1.807, 2.05) is 4.90 Å². The zero-order valence-electron chi connectivity index (χ0n) is 12.3. The van der Waals surface area contributed by atoms with Gasteiger partial charge in [-0.3, -0.25) is 9.69 Å². The molecule has 3 heteroatoms. The van der Waals surface area contributed by atoms with Crippen LogP contribution in [0.25, 0.3) is 0 Å². The number of rotatable bonds is 3. The minimum atomic E-state index is 0.313. The fourth-order valence-corrected chi connectivity index (χ4v) is 3.20. The Morgan fingerprint density at radius 2 is 2.05 bits per heavy atom. The molecule has 20 heavy (non-hydrogen) atoms. The summed E-state index contributed by atoms with van der Waals surface area (Å²) in [6, 6.07) is 9.23. The molecule has 3 rings (SSSR count). The first kappa shape index (κ1) is 13.6. The number of carbonyl (C=O) groups is 1. The number of hydrogen-bond donors (Lipinski definition) is 0. The van der Waals surface area contributed by atoms with Gasteiger partial charge in [0, 0.05) is 38.6 Å². The molecule has 2 aliphatic rings. The molecule has 2 fully saturated rings. The van der Waals surface area contributed by atoms with Gasteiger partial charge in [-0.1, -0.05) is 36.2 Å². The lowest BCUT2D eigenvalue weighted by atomic mass is 9.91. The largest absolute Gasteiger partial charge is 0.337 e. The van der Waals surface area contributed by atoms with Crippen LogP contribution in [0.2, 0.25) is 0 Å². The zero-order valence-corrected chi connectivity index (χ0v) is 12.3. The number of benzene rings is 1. The average Bonchev–Trinajstić information content (AvgIpc) is 2.53. The molecule has 1 heterocycles. The Labute approximate surface area is 121 Å². The Kier molecular flexibility index (Phi) is 4.06. The molecular formula is C17H24N2O. The molecule has 0 spiro atoms. The molecule has 0 unspecified atom stereocenters. The highest BCUT2D eigenvalue weighted by Gasteiger charge is 2.28. The van der Waals surface area contributed by atoms with Crippen molar-refractivity contribution >= 4 is 5.91 Å². The second kappa shape index (κ2) is 5.96. The maximum atomic E-state index is 12.3. The number of amides is 1. The normalized spacial score (nSPS) is 21.6. The molecular weight excluding hydrogens is 248 g/mol. The average molecular weight is 272 g/mol. The first-order valence-corrected chi connectivity index (χ1v) is 7.80. The van der Waals surface area contributed by atoms with E-state index >= 15 is 0 Å². The first-order chi connectivity index (χ1) is 9.72. The van der Waals surface area contributed by atoms with Crippen LogP contribution in [0.4, 0.5) is 0 Å². The molecule has 0 N–H and O–H groups in total. The van der Waals surface area contributed by atoms with E-state index in [-0.39, 0.29) is 0 Å². The van der Waals surface area contributed by atoms with Crippen molar-refractivity contribution in [3.63, 3.8) is 0 Å².